The number of alkyl halides is 3. The third kappa shape index (κ3) is 4.33. The van der Waals surface area contributed by atoms with Crippen LogP contribution in [0.1, 0.15) is 27.9 Å². The second-order valence-electron chi connectivity index (χ2n) is 4.63. The van der Waals surface area contributed by atoms with Crippen LogP contribution < -0.4 is 0 Å². The molecule has 0 saturated heterocycles. The normalized spacial score (nSPS) is 11.4. The maximum Gasteiger partial charge on any atom is 0.416 e. The quantitative estimate of drug-likeness (QED) is 0.711. The van der Waals surface area contributed by atoms with Crippen molar-refractivity contribution < 1.29 is 18.0 Å². The summed E-state index contributed by atoms with van der Waals surface area (Å²) in [7, 11) is 0. The predicted octanol–water partition coefficient (Wildman–Crippen LogP) is 5.17. The van der Waals surface area contributed by atoms with Gasteiger partial charge >= 0.3 is 6.18 Å². The number of halogens is 4. The van der Waals surface area contributed by atoms with Gasteiger partial charge in [-0.3, -0.25) is 4.79 Å². The summed E-state index contributed by atoms with van der Waals surface area (Å²) in [5.41, 5.74) is 0.446. The molecule has 0 fully saturated rings. The Morgan fingerprint density at radius 1 is 1.05 bits per heavy atom. The molecule has 0 radical (unpaired) electrons. The van der Waals surface area contributed by atoms with E-state index in [1.807, 2.05) is 6.07 Å². The molecule has 5 heteroatoms. The van der Waals surface area contributed by atoms with Crippen molar-refractivity contribution in [2.24, 2.45) is 0 Å². The van der Waals surface area contributed by atoms with Crippen LogP contribution in [0, 0.1) is 0 Å². The van der Waals surface area contributed by atoms with Crippen molar-refractivity contribution in [3.05, 3.63) is 70.2 Å². The van der Waals surface area contributed by atoms with Gasteiger partial charge in [-0.25, -0.2) is 0 Å². The van der Waals surface area contributed by atoms with Gasteiger partial charge in [-0.05, 0) is 36.2 Å². The molecule has 21 heavy (non-hydrogen) atoms. The number of rotatable bonds is 4. The average molecular weight is 313 g/mol. The van der Waals surface area contributed by atoms with E-state index >= 15 is 0 Å². The Morgan fingerprint density at radius 2 is 1.71 bits per heavy atom. The van der Waals surface area contributed by atoms with Crippen molar-refractivity contribution in [2.75, 3.05) is 0 Å². The number of carbonyl (C=O) groups excluding carboxylic acids is 1. The standard InChI is InChI=1S/C16H12ClF3O/c17-14-3-1-2-11(10-14)4-9-15(21)12-5-7-13(8-6-12)16(18,19)20/h1-3,5-8,10H,4,9H2. The van der Waals surface area contributed by atoms with Gasteiger partial charge in [0.25, 0.3) is 0 Å². The second kappa shape index (κ2) is 6.31. The molecule has 0 bridgehead atoms. The number of hydrogen-bond acceptors (Lipinski definition) is 1. The summed E-state index contributed by atoms with van der Waals surface area (Å²) in [5, 5.41) is 0.592. The fourth-order valence-electron chi connectivity index (χ4n) is 1.94. The summed E-state index contributed by atoms with van der Waals surface area (Å²) in [6.45, 7) is 0. The van der Waals surface area contributed by atoms with Crippen LogP contribution in [0.15, 0.2) is 48.5 Å². The molecule has 2 rings (SSSR count). The summed E-state index contributed by atoms with van der Waals surface area (Å²) in [6, 6.07) is 11.4. The molecule has 1 nitrogen and oxygen atoms in total. The van der Waals surface area contributed by atoms with Gasteiger partial charge < -0.3 is 0 Å². The fourth-order valence-corrected chi connectivity index (χ4v) is 2.15. The molecule has 0 aliphatic heterocycles. The number of ketones is 1. The van der Waals surface area contributed by atoms with Crippen molar-refractivity contribution in [3.63, 3.8) is 0 Å². The smallest absolute Gasteiger partial charge is 0.294 e. The van der Waals surface area contributed by atoms with E-state index in [4.69, 9.17) is 11.6 Å². The SMILES string of the molecule is O=C(CCc1cccc(Cl)c1)c1ccc(C(F)(F)F)cc1. The summed E-state index contributed by atoms with van der Waals surface area (Å²) in [5.74, 6) is -0.191. The zero-order chi connectivity index (χ0) is 15.5. The van der Waals surface area contributed by atoms with E-state index < -0.39 is 11.7 Å². The first-order valence-electron chi connectivity index (χ1n) is 6.31. The van der Waals surface area contributed by atoms with Crippen LogP contribution in [0.4, 0.5) is 13.2 Å². The molecule has 0 atom stereocenters. The third-order valence-electron chi connectivity index (χ3n) is 3.06. The summed E-state index contributed by atoms with van der Waals surface area (Å²) >= 11 is 5.85. The first-order valence-corrected chi connectivity index (χ1v) is 6.69. The molecule has 0 amide bonds. The highest BCUT2D eigenvalue weighted by Crippen LogP contribution is 2.29. The Labute approximate surface area is 125 Å². The Hall–Kier alpha value is -1.81. The van der Waals surface area contributed by atoms with Crippen LogP contribution >= 0.6 is 11.6 Å². The monoisotopic (exact) mass is 312 g/mol. The van der Waals surface area contributed by atoms with Gasteiger partial charge in [-0.15, -0.1) is 0 Å². The molecule has 110 valence electrons. The highest BCUT2D eigenvalue weighted by Gasteiger charge is 2.30. The minimum atomic E-state index is -4.39. The van der Waals surface area contributed by atoms with Gasteiger partial charge in [0, 0.05) is 17.0 Å². The van der Waals surface area contributed by atoms with E-state index in [0.717, 1.165) is 17.7 Å². The summed E-state index contributed by atoms with van der Waals surface area (Å²) in [4.78, 5) is 11.9. The molecule has 0 unspecified atom stereocenters. The number of carbonyl (C=O) groups is 1. The molecule has 0 N–H and O–H groups in total. The Balaban J connectivity index is 2.00. The van der Waals surface area contributed by atoms with Crippen LogP contribution in [0.25, 0.3) is 0 Å². The van der Waals surface area contributed by atoms with Crippen LogP contribution in [0.5, 0.6) is 0 Å². The molecule has 0 heterocycles. The molecule has 2 aromatic carbocycles. The first-order chi connectivity index (χ1) is 9.86. The van der Waals surface area contributed by atoms with Gasteiger partial charge in [-0.2, -0.15) is 13.2 Å². The zero-order valence-electron chi connectivity index (χ0n) is 11.0. The number of hydrogen-bond donors (Lipinski definition) is 0. The molecule has 2 aromatic rings. The predicted molar refractivity (Wildman–Crippen MR) is 75.5 cm³/mol. The fraction of sp³-hybridized carbons (Fsp3) is 0.188. The topological polar surface area (TPSA) is 17.1 Å². The molecule has 0 aliphatic carbocycles. The molecular weight excluding hydrogens is 301 g/mol. The Kier molecular flexibility index (Phi) is 4.68. The largest absolute Gasteiger partial charge is 0.416 e. The van der Waals surface area contributed by atoms with Gasteiger partial charge in [0.05, 0.1) is 5.56 Å². The van der Waals surface area contributed by atoms with E-state index in [1.165, 1.54) is 12.1 Å². The van der Waals surface area contributed by atoms with Crippen molar-refractivity contribution in [2.45, 2.75) is 19.0 Å². The van der Waals surface area contributed by atoms with E-state index in [0.29, 0.717) is 11.4 Å². The van der Waals surface area contributed by atoms with Crippen molar-refractivity contribution in [1.29, 1.82) is 0 Å². The van der Waals surface area contributed by atoms with Crippen LogP contribution in [0.2, 0.25) is 5.02 Å². The summed E-state index contributed by atoms with van der Waals surface area (Å²) in [6.07, 6.45) is -3.66. The third-order valence-corrected chi connectivity index (χ3v) is 3.30. The molecule has 0 aliphatic rings. The van der Waals surface area contributed by atoms with Crippen LogP contribution in [0.3, 0.4) is 0 Å². The van der Waals surface area contributed by atoms with Gasteiger partial charge in [0.15, 0.2) is 5.78 Å². The molecule has 0 aromatic heterocycles. The molecule has 0 spiro atoms. The number of aryl methyl sites for hydroxylation is 1. The van der Waals surface area contributed by atoms with Crippen LogP contribution in [-0.4, -0.2) is 5.78 Å². The maximum atomic E-state index is 12.4. The van der Waals surface area contributed by atoms with Gasteiger partial charge in [0.2, 0.25) is 0 Å². The molecule has 0 saturated carbocycles. The first kappa shape index (κ1) is 15.6. The van der Waals surface area contributed by atoms with Crippen molar-refractivity contribution in [1.82, 2.24) is 0 Å². The number of benzene rings is 2. The lowest BCUT2D eigenvalue weighted by atomic mass is 10.0. The van der Waals surface area contributed by atoms with E-state index in [9.17, 15) is 18.0 Å². The Morgan fingerprint density at radius 3 is 2.29 bits per heavy atom. The highest BCUT2D eigenvalue weighted by atomic mass is 35.5. The lowest BCUT2D eigenvalue weighted by Crippen LogP contribution is -2.06. The average Bonchev–Trinajstić information content (AvgIpc) is 2.44. The van der Waals surface area contributed by atoms with Gasteiger partial charge in [0.1, 0.15) is 0 Å². The highest BCUT2D eigenvalue weighted by molar-refractivity contribution is 6.30. The minimum Gasteiger partial charge on any atom is -0.294 e. The van der Waals surface area contributed by atoms with Crippen molar-refractivity contribution in [3.8, 4) is 0 Å². The zero-order valence-corrected chi connectivity index (χ0v) is 11.7. The number of Topliss-reactive ketones (excluding diaryl/α,β-unsaturated/α-hetero) is 1. The van der Waals surface area contributed by atoms with E-state index in [1.54, 1.807) is 18.2 Å². The molecular formula is C16H12ClF3O. The maximum absolute atomic E-state index is 12.4. The van der Waals surface area contributed by atoms with E-state index in [-0.39, 0.29) is 17.8 Å². The van der Waals surface area contributed by atoms with E-state index in [2.05, 4.69) is 0 Å². The Bertz CT molecular complexity index is 633. The minimum absolute atomic E-state index is 0.191. The lowest BCUT2D eigenvalue weighted by molar-refractivity contribution is -0.137. The van der Waals surface area contributed by atoms with Crippen LogP contribution in [-0.2, 0) is 12.6 Å². The summed E-state index contributed by atoms with van der Waals surface area (Å²) < 4.78 is 37.3. The second-order valence-corrected chi connectivity index (χ2v) is 5.06. The van der Waals surface area contributed by atoms with Crippen molar-refractivity contribution >= 4 is 17.4 Å². The van der Waals surface area contributed by atoms with Gasteiger partial charge in [-0.1, -0.05) is 35.9 Å². The lowest BCUT2D eigenvalue weighted by Gasteiger charge is -2.07.